The normalized spacial score (nSPS) is 40.1. The van der Waals surface area contributed by atoms with Crippen LogP contribution in [0.3, 0.4) is 0 Å². The molecule has 0 aromatic rings. The minimum absolute atomic E-state index is 0.131. The van der Waals surface area contributed by atoms with Crippen LogP contribution in [0.4, 0.5) is 0 Å². The molecule has 0 aliphatic carbocycles. The van der Waals surface area contributed by atoms with Crippen molar-refractivity contribution in [2.24, 2.45) is 0 Å². The molecule has 3 heteroatoms. The van der Waals surface area contributed by atoms with Crippen LogP contribution < -0.4 is 5.32 Å². The first-order valence-corrected chi connectivity index (χ1v) is 4.51. The minimum Gasteiger partial charge on any atom is -0.390 e. The third-order valence-corrected chi connectivity index (χ3v) is 2.76. The Morgan fingerprint density at radius 2 is 1.91 bits per heavy atom. The number of rotatable bonds is 1. The maximum atomic E-state index is 9.55. The van der Waals surface area contributed by atoms with E-state index in [1.54, 1.807) is 0 Å². The van der Waals surface area contributed by atoms with Gasteiger partial charge in [-0.15, -0.1) is 0 Å². The third kappa shape index (κ3) is 1.41. The number of nitrogens with zero attached hydrogens (tertiary/aromatic N) is 1. The van der Waals surface area contributed by atoms with Crippen molar-refractivity contribution in [3.05, 3.63) is 0 Å². The van der Waals surface area contributed by atoms with E-state index >= 15 is 0 Å². The molecule has 0 saturated carbocycles. The smallest absolute Gasteiger partial charge is 0.0831 e. The van der Waals surface area contributed by atoms with Crippen molar-refractivity contribution in [1.82, 2.24) is 10.2 Å². The van der Waals surface area contributed by atoms with Crippen molar-refractivity contribution in [3.63, 3.8) is 0 Å². The Labute approximate surface area is 67.4 Å². The number of hydrogen-bond donors (Lipinski definition) is 2. The number of β-amino-alcohol motifs (C(OH)–C–C–N with tert-alkyl or cyclic N) is 1. The molecule has 0 aromatic carbocycles. The Bertz CT molecular complexity index is 134. The first-order chi connectivity index (χ1) is 5.38. The molecule has 0 amide bonds. The molecule has 0 radical (unpaired) electrons. The summed E-state index contributed by atoms with van der Waals surface area (Å²) < 4.78 is 0. The second-order valence-electron chi connectivity index (χ2n) is 3.54. The van der Waals surface area contributed by atoms with E-state index in [4.69, 9.17) is 0 Å². The Morgan fingerprint density at radius 1 is 1.18 bits per heavy atom. The van der Waals surface area contributed by atoms with Gasteiger partial charge in [0, 0.05) is 19.1 Å². The monoisotopic (exact) mass is 156 g/mol. The summed E-state index contributed by atoms with van der Waals surface area (Å²) in [5, 5.41) is 12.8. The van der Waals surface area contributed by atoms with E-state index in [0.29, 0.717) is 6.04 Å². The van der Waals surface area contributed by atoms with E-state index in [2.05, 4.69) is 10.2 Å². The Morgan fingerprint density at radius 3 is 2.45 bits per heavy atom. The van der Waals surface area contributed by atoms with Crippen LogP contribution in [0.2, 0.25) is 0 Å². The predicted molar refractivity (Wildman–Crippen MR) is 43.5 cm³/mol. The van der Waals surface area contributed by atoms with Gasteiger partial charge < -0.3 is 10.4 Å². The van der Waals surface area contributed by atoms with Gasteiger partial charge in [-0.2, -0.15) is 0 Å². The fraction of sp³-hybridized carbons (Fsp3) is 1.00. The van der Waals surface area contributed by atoms with Gasteiger partial charge in [-0.05, 0) is 25.9 Å². The number of hydrogen-bond acceptors (Lipinski definition) is 3. The lowest BCUT2D eigenvalue weighted by molar-refractivity contribution is 0.0985. The van der Waals surface area contributed by atoms with Gasteiger partial charge in [0.05, 0.1) is 6.10 Å². The first kappa shape index (κ1) is 7.53. The molecule has 2 aliphatic heterocycles. The maximum Gasteiger partial charge on any atom is 0.0831 e. The summed E-state index contributed by atoms with van der Waals surface area (Å²) in [7, 11) is 0. The van der Waals surface area contributed by atoms with E-state index < -0.39 is 0 Å². The van der Waals surface area contributed by atoms with Gasteiger partial charge in [-0.25, -0.2) is 0 Å². The molecule has 0 unspecified atom stereocenters. The van der Waals surface area contributed by atoms with Gasteiger partial charge in [0.25, 0.3) is 0 Å². The van der Waals surface area contributed by atoms with Crippen molar-refractivity contribution in [2.75, 3.05) is 26.2 Å². The zero-order valence-corrected chi connectivity index (χ0v) is 6.79. The molecule has 0 bridgehead atoms. The standard InChI is InChI=1S/C8H16N2O/c11-8-6-9-5-7(8)10-3-1-2-4-10/h7-9,11H,1-6H2/t7-,8-/m0/s1. The molecule has 2 atom stereocenters. The van der Waals surface area contributed by atoms with Gasteiger partial charge in [0.1, 0.15) is 0 Å². The van der Waals surface area contributed by atoms with Crippen LogP contribution in [0.5, 0.6) is 0 Å². The average molecular weight is 156 g/mol. The summed E-state index contributed by atoms with van der Waals surface area (Å²) in [5.74, 6) is 0. The predicted octanol–water partition coefficient (Wildman–Crippen LogP) is -0.585. The average Bonchev–Trinajstić information content (AvgIpc) is 2.55. The second kappa shape index (κ2) is 3.09. The number of nitrogens with one attached hydrogen (secondary N) is 1. The maximum absolute atomic E-state index is 9.55. The molecule has 2 rings (SSSR count). The molecular formula is C8H16N2O. The highest BCUT2D eigenvalue weighted by Crippen LogP contribution is 2.16. The zero-order valence-electron chi connectivity index (χ0n) is 6.79. The molecule has 2 saturated heterocycles. The first-order valence-electron chi connectivity index (χ1n) is 4.51. The molecule has 2 aliphatic rings. The van der Waals surface area contributed by atoms with Crippen LogP contribution in [-0.2, 0) is 0 Å². The summed E-state index contributed by atoms with van der Waals surface area (Å²) in [5.41, 5.74) is 0. The topological polar surface area (TPSA) is 35.5 Å². The highest BCUT2D eigenvalue weighted by Gasteiger charge is 2.31. The lowest BCUT2D eigenvalue weighted by Crippen LogP contribution is -2.41. The molecule has 2 N–H and O–H groups in total. The molecule has 2 heterocycles. The van der Waals surface area contributed by atoms with Crippen LogP contribution in [0, 0.1) is 0 Å². The summed E-state index contributed by atoms with van der Waals surface area (Å²) in [6.45, 7) is 4.12. The fourth-order valence-electron chi connectivity index (χ4n) is 2.10. The molecule has 11 heavy (non-hydrogen) atoms. The molecule has 64 valence electrons. The number of aliphatic hydroxyl groups excluding tert-OH is 1. The van der Waals surface area contributed by atoms with E-state index in [1.165, 1.54) is 25.9 Å². The Balaban J connectivity index is 1.92. The molecular weight excluding hydrogens is 140 g/mol. The van der Waals surface area contributed by atoms with Crippen LogP contribution >= 0.6 is 0 Å². The number of likely N-dealkylation sites (tertiary alicyclic amines) is 1. The molecule has 2 fully saturated rings. The molecule has 0 spiro atoms. The largest absolute Gasteiger partial charge is 0.390 e. The van der Waals surface area contributed by atoms with Crippen LogP contribution in [0.25, 0.3) is 0 Å². The number of aliphatic hydroxyl groups is 1. The summed E-state index contributed by atoms with van der Waals surface area (Å²) in [6.07, 6.45) is 2.49. The highest BCUT2D eigenvalue weighted by atomic mass is 16.3. The lowest BCUT2D eigenvalue weighted by Gasteiger charge is -2.24. The van der Waals surface area contributed by atoms with Gasteiger partial charge in [0.2, 0.25) is 0 Å². The lowest BCUT2D eigenvalue weighted by atomic mass is 10.2. The van der Waals surface area contributed by atoms with E-state index in [-0.39, 0.29) is 6.10 Å². The Hall–Kier alpha value is -0.120. The summed E-state index contributed by atoms with van der Waals surface area (Å²) in [6, 6.07) is 0.400. The van der Waals surface area contributed by atoms with Crippen LogP contribution in [0.1, 0.15) is 12.8 Å². The zero-order chi connectivity index (χ0) is 7.68. The summed E-state index contributed by atoms with van der Waals surface area (Å²) >= 11 is 0. The fourth-order valence-corrected chi connectivity index (χ4v) is 2.10. The van der Waals surface area contributed by atoms with E-state index in [9.17, 15) is 5.11 Å². The van der Waals surface area contributed by atoms with Crippen LogP contribution in [-0.4, -0.2) is 48.3 Å². The van der Waals surface area contributed by atoms with Crippen molar-refractivity contribution < 1.29 is 5.11 Å². The van der Waals surface area contributed by atoms with Crippen molar-refractivity contribution in [3.8, 4) is 0 Å². The second-order valence-corrected chi connectivity index (χ2v) is 3.54. The highest BCUT2D eigenvalue weighted by molar-refractivity contribution is 4.89. The van der Waals surface area contributed by atoms with Crippen LogP contribution in [0.15, 0.2) is 0 Å². The minimum atomic E-state index is -0.131. The third-order valence-electron chi connectivity index (χ3n) is 2.76. The summed E-state index contributed by atoms with van der Waals surface area (Å²) in [4.78, 5) is 2.41. The molecule has 0 aromatic heterocycles. The van der Waals surface area contributed by atoms with Gasteiger partial charge in [-0.3, -0.25) is 4.90 Å². The SMILES string of the molecule is O[C@H]1CNC[C@@H]1N1CCCC1. The van der Waals surface area contributed by atoms with E-state index in [0.717, 1.165) is 13.1 Å². The van der Waals surface area contributed by atoms with Gasteiger partial charge >= 0.3 is 0 Å². The van der Waals surface area contributed by atoms with E-state index in [1.807, 2.05) is 0 Å². The quantitative estimate of drug-likeness (QED) is 0.533. The van der Waals surface area contributed by atoms with Crippen molar-refractivity contribution in [2.45, 2.75) is 25.0 Å². The van der Waals surface area contributed by atoms with Gasteiger partial charge in [-0.1, -0.05) is 0 Å². The Kier molecular flexibility index (Phi) is 2.11. The van der Waals surface area contributed by atoms with Crippen molar-refractivity contribution in [1.29, 1.82) is 0 Å². The van der Waals surface area contributed by atoms with Gasteiger partial charge in [0.15, 0.2) is 0 Å². The molecule has 3 nitrogen and oxygen atoms in total. The van der Waals surface area contributed by atoms with Crippen molar-refractivity contribution >= 4 is 0 Å².